The second-order valence-corrected chi connectivity index (χ2v) is 12.3. The molecule has 0 saturated carbocycles. The van der Waals surface area contributed by atoms with Crippen LogP contribution in [0, 0.1) is 0 Å². The van der Waals surface area contributed by atoms with E-state index in [4.69, 9.17) is 59.5 Å². The van der Waals surface area contributed by atoms with Crippen LogP contribution in [0.15, 0.2) is 49.2 Å². The van der Waals surface area contributed by atoms with Gasteiger partial charge in [0.25, 0.3) is 0 Å². The number of nitrogens with two attached hydrogens (primary N) is 1. The number of aromatic amines is 1. The van der Waals surface area contributed by atoms with Gasteiger partial charge in [0.15, 0.2) is 18.2 Å². The summed E-state index contributed by atoms with van der Waals surface area (Å²) in [6.45, 7) is 11.0. The van der Waals surface area contributed by atoms with Crippen LogP contribution >= 0.6 is 82.6 Å². The molecule has 0 fully saturated rings. The van der Waals surface area contributed by atoms with Gasteiger partial charge in [0.1, 0.15) is 11.0 Å². The molecule has 49 heavy (non-hydrogen) atoms. The summed E-state index contributed by atoms with van der Waals surface area (Å²) < 4.78 is 23.0. The Labute approximate surface area is 326 Å². The highest BCUT2D eigenvalue weighted by Gasteiger charge is 2.08. The van der Waals surface area contributed by atoms with Crippen LogP contribution in [0.4, 0.5) is 5.82 Å². The van der Waals surface area contributed by atoms with Crippen LogP contribution in [0.1, 0.15) is 20.8 Å². The van der Waals surface area contributed by atoms with E-state index in [0.717, 1.165) is 8.95 Å². The first-order valence-electron chi connectivity index (χ1n) is 14.3. The molecular weight excluding hydrogens is 902 g/mol. The number of aromatic nitrogens is 7. The molecule has 276 valence electrons. The van der Waals surface area contributed by atoms with Crippen LogP contribution in [-0.2, 0) is 18.9 Å². The molecule has 0 atom stereocenters. The highest BCUT2D eigenvalue weighted by atomic mass is 79.9. The standard InChI is InChI=1S/C8H11BrClN3O2.C6H4BrN3O.C6H15N.C4HBrCl2N2.C4H11NO2/c1-14-6(15-2)4-11-7-5(9)3-12-8(10)13-7;7-4-3-9-6(11)10-2-1-8-5(4)10;1-4-7(5-2)6-3;5-2-1-8-4(7)9-3(2)6;1-6-4(3-5)7-2/h3,6H,4H2,1-2H3,(H,11,12,13);1-3H,(H,9,11);4-6H2,1-3H3;1H;4H,3,5H2,1-2H3. The summed E-state index contributed by atoms with van der Waals surface area (Å²) >= 11 is 26.2. The fourth-order valence-electron chi connectivity index (χ4n) is 3.10. The average Bonchev–Trinajstić information content (AvgIpc) is 3.61. The lowest BCUT2D eigenvalue weighted by Crippen LogP contribution is -2.24. The smallest absolute Gasteiger partial charge is 0.331 e. The summed E-state index contributed by atoms with van der Waals surface area (Å²) in [6, 6.07) is 0. The molecule has 0 amide bonds. The number of fused-ring (bicyclic) bond motifs is 1. The third-order valence-corrected chi connectivity index (χ3v) is 8.43. The predicted octanol–water partition coefficient (Wildman–Crippen LogP) is 6.17. The number of ether oxygens (including phenoxy) is 4. The monoisotopic (exact) mass is 940 g/mol. The van der Waals surface area contributed by atoms with Gasteiger partial charge in [0.2, 0.25) is 10.6 Å². The average molecular weight is 945 g/mol. The van der Waals surface area contributed by atoms with Crippen LogP contribution in [0.5, 0.6) is 0 Å². The van der Waals surface area contributed by atoms with E-state index in [2.05, 4.69) is 109 Å². The summed E-state index contributed by atoms with van der Waals surface area (Å²) in [7, 11) is 6.25. The molecule has 0 aromatic carbocycles. The van der Waals surface area contributed by atoms with Gasteiger partial charge in [0, 0.05) is 66.0 Å². The Balaban J connectivity index is 0.000000608. The Bertz CT molecular complexity index is 1490. The third-order valence-electron chi connectivity index (χ3n) is 5.80. The normalized spacial score (nSPS) is 10.4. The minimum absolute atomic E-state index is 0.156. The molecule has 0 aliphatic heterocycles. The lowest BCUT2D eigenvalue weighted by atomic mass is 10.5. The van der Waals surface area contributed by atoms with Gasteiger partial charge >= 0.3 is 5.69 Å². The maximum atomic E-state index is 11.0. The zero-order valence-corrected chi connectivity index (χ0v) is 35.1. The molecule has 4 aromatic heterocycles. The molecule has 0 saturated heterocycles. The minimum atomic E-state index is -0.328. The van der Waals surface area contributed by atoms with Gasteiger partial charge in [-0.05, 0) is 90.6 Å². The van der Waals surface area contributed by atoms with E-state index in [1.807, 2.05) is 0 Å². The number of imidazole rings is 1. The van der Waals surface area contributed by atoms with Crippen molar-refractivity contribution in [3.8, 4) is 0 Å². The van der Waals surface area contributed by atoms with E-state index in [-0.39, 0.29) is 28.8 Å². The van der Waals surface area contributed by atoms with Gasteiger partial charge in [-0.25, -0.2) is 24.7 Å². The second kappa shape index (κ2) is 28.1. The summed E-state index contributed by atoms with van der Waals surface area (Å²) in [5.74, 6) is 0.606. The van der Waals surface area contributed by atoms with Crippen molar-refractivity contribution >= 4 is 94.1 Å². The Morgan fingerprint density at radius 2 is 1.39 bits per heavy atom. The van der Waals surface area contributed by atoms with Gasteiger partial charge in [-0.15, -0.1) is 0 Å². The second-order valence-electron chi connectivity index (χ2n) is 8.71. The molecular formula is C28H42Br3Cl3N10O5. The largest absolute Gasteiger partial charge is 0.364 e. The van der Waals surface area contributed by atoms with Crippen molar-refractivity contribution in [3.63, 3.8) is 0 Å². The van der Waals surface area contributed by atoms with Crippen molar-refractivity contribution in [2.75, 3.05) is 66.5 Å². The molecule has 0 aliphatic carbocycles. The highest BCUT2D eigenvalue weighted by molar-refractivity contribution is 9.11. The number of rotatable bonds is 11. The van der Waals surface area contributed by atoms with E-state index < -0.39 is 0 Å². The Morgan fingerprint density at radius 3 is 1.80 bits per heavy atom. The Morgan fingerprint density at radius 1 is 0.857 bits per heavy atom. The van der Waals surface area contributed by atoms with Crippen molar-refractivity contribution in [3.05, 3.63) is 70.6 Å². The Hall–Kier alpha value is -1.55. The maximum Gasteiger partial charge on any atom is 0.331 e. The van der Waals surface area contributed by atoms with Crippen LogP contribution in [-0.4, -0.2) is 113 Å². The molecule has 4 heterocycles. The van der Waals surface area contributed by atoms with Gasteiger partial charge in [-0.1, -0.05) is 32.4 Å². The molecule has 0 bridgehead atoms. The quantitative estimate of drug-likeness (QED) is 0.0885. The summed E-state index contributed by atoms with van der Waals surface area (Å²) in [4.78, 5) is 35.1. The summed E-state index contributed by atoms with van der Waals surface area (Å²) in [5, 5.41) is 3.69. The first kappa shape index (κ1) is 47.4. The first-order chi connectivity index (χ1) is 23.3. The number of anilines is 1. The summed E-state index contributed by atoms with van der Waals surface area (Å²) in [6.07, 6.45) is 7.27. The number of halogens is 6. The van der Waals surface area contributed by atoms with Crippen molar-refractivity contribution in [1.82, 2.24) is 39.2 Å². The van der Waals surface area contributed by atoms with Crippen molar-refractivity contribution < 1.29 is 18.9 Å². The Kier molecular flexibility index (Phi) is 27.2. The number of hydrogen-bond acceptors (Lipinski definition) is 13. The molecule has 0 spiro atoms. The zero-order chi connectivity index (χ0) is 37.4. The van der Waals surface area contributed by atoms with Crippen LogP contribution in [0.3, 0.4) is 0 Å². The molecule has 0 unspecified atom stereocenters. The van der Waals surface area contributed by atoms with E-state index >= 15 is 0 Å². The van der Waals surface area contributed by atoms with Gasteiger partial charge in [0.05, 0.1) is 20.0 Å². The topological polar surface area (TPSA) is 180 Å². The van der Waals surface area contributed by atoms with Crippen LogP contribution < -0.4 is 16.7 Å². The van der Waals surface area contributed by atoms with Gasteiger partial charge < -0.3 is 39.9 Å². The van der Waals surface area contributed by atoms with Crippen LogP contribution in [0.25, 0.3) is 5.65 Å². The third kappa shape index (κ3) is 19.6. The molecule has 4 aromatic rings. The number of nitrogens with zero attached hydrogens (tertiary/aromatic N) is 7. The molecule has 15 nitrogen and oxygen atoms in total. The molecule has 4 rings (SSSR count). The van der Waals surface area contributed by atoms with Crippen LogP contribution in [0.2, 0.25) is 15.7 Å². The van der Waals surface area contributed by atoms with Gasteiger partial charge in [-0.3, -0.25) is 4.40 Å². The SMILES string of the molecule is CCN(CC)CC.COC(CN)OC.COC(CNc1nc(Cl)ncc1Br)OC.Clc1ncc(Br)c(Cl)n1.O=c1[nH]cc(Br)c2nccn12. The lowest BCUT2D eigenvalue weighted by Gasteiger charge is -2.14. The van der Waals surface area contributed by atoms with E-state index in [9.17, 15) is 4.79 Å². The molecule has 0 radical (unpaired) electrons. The highest BCUT2D eigenvalue weighted by Crippen LogP contribution is 2.20. The number of nitrogens with one attached hydrogen (secondary N) is 2. The van der Waals surface area contributed by atoms with E-state index in [1.165, 1.54) is 30.2 Å². The van der Waals surface area contributed by atoms with E-state index in [1.54, 1.807) is 53.2 Å². The van der Waals surface area contributed by atoms with Crippen molar-refractivity contribution in [1.29, 1.82) is 0 Å². The summed E-state index contributed by atoms with van der Waals surface area (Å²) in [5.41, 5.74) is 5.60. The van der Waals surface area contributed by atoms with Crippen molar-refractivity contribution in [2.24, 2.45) is 5.73 Å². The lowest BCUT2D eigenvalue weighted by molar-refractivity contribution is -0.0940. The number of hydrogen-bond donors (Lipinski definition) is 3. The number of H-pyrrole nitrogens is 1. The predicted molar refractivity (Wildman–Crippen MR) is 205 cm³/mol. The minimum Gasteiger partial charge on any atom is -0.364 e. The van der Waals surface area contributed by atoms with E-state index in [0.29, 0.717) is 34.2 Å². The number of methoxy groups -OCH3 is 4. The van der Waals surface area contributed by atoms with Crippen molar-refractivity contribution in [2.45, 2.75) is 33.4 Å². The molecule has 21 heteroatoms. The first-order valence-corrected chi connectivity index (χ1v) is 17.9. The molecule has 0 aliphatic rings. The molecule has 4 N–H and O–H groups in total. The fourth-order valence-corrected chi connectivity index (χ4v) is 4.47. The van der Waals surface area contributed by atoms with Gasteiger partial charge in [-0.2, -0.15) is 4.98 Å². The zero-order valence-electron chi connectivity index (χ0n) is 28.1. The fraction of sp³-hybridized carbons (Fsp3) is 0.500. The maximum absolute atomic E-state index is 11.0.